The van der Waals surface area contributed by atoms with Crippen molar-refractivity contribution in [1.29, 1.82) is 0 Å². The lowest BCUT2D eigenvalue weighted by molar-refractivity contribution is -0.120. The standard InChI is InChI=1S/C12H19N3OS.ClH/c1-13-8-12(16)14-4-6-15-5-2-11-10(9-15)3-7-17-11;/h3,7,13H,2,4-6,8-9H2,1H3,(H,14,16);1H. The molecule has 0 saturated carbocycles. The molecule has 0 radical (unpaired) electrons. The summed E-state index contributed by atoms with van der Waals surface area (Å²) in [4.78, 5) is 15.2. The summed E-state index contributed by atoms with van der Waals surface area (Å²) < 4.78 is 0. The molecule has 102 valence electrons. The number of thiophene rings is 1. The molecule has 0 bridgehead atoms. The van der Waals surface area contributed by atoms with Crippen LogP contribution in [0.15, 0.2) is 11.4 Å². The van der Waals surface area contributed by atoms with E-state index in [9.17, 15) is 4.79 Å². The largest absolute Gasteiger partial charge is 0.354 e. The number of nitrogens with one attached hydrogen (secondary N) is 2. The molecule has 1 aromatic heterocycles. The maximum Gasteiger partial charge on any atom is 0.233 e. The molecule has 0 aromatic carbocycles. The first kappa shape index (κ1) is 15.4. The number of hydrogen-bond donors (Lipinski definition) is 2. The van der Waals surface area contributed by atoms with Crippen molar-refractivity contribution in [3.05, 3.63) is 21.9 Å². The molecule has 2 N–H and O–H groups in total. The zero-order valence-corrected chi connectivity index (χ0v) is 12.2. The van der Waals surface area contributed by atoms with Crippen LogP contribution in [0.2, 0.25) is 0 Å². The molecule has 0 fully saturated rings. The van der Waals surface area contributed by atoms with Gasteiger partial charge in [-0.1, -0.05) is 0 Å². The Balaban J connectivity index is 0.00000162. The first-order valence-corrected chi connectivity index (χ1v) is 6.86. The van der Waals surface area contributed by atoms with Crippen LogP contribution < -0.4 is 10.6 Å². The maximum atomic E-state index is 11.3. The lowest BCUT2D eigenvalue weighted by Gasteiger charge is -2.26. The molecule has 1 amide bonds. The van der Waals surface area contributed by atoms with Crippen molar-refractivity contribution in [3.63, 3.8) is 0 Å². The summed E-state index contributed by atoms with van der Waals surface area (Å²) in [5.41, 5.74) is 1.46. The Hall–Kier alpha value is -0.620. The molecule has 1 aliphatic rings. The van der Waals surface area contributed by atoms with Crippen LogP contribution in [0.5, 0.6) is 0 Å². The molecule has 6 heteroatoms. The molecule has 0 spiro atoms. The van der Waals surface area contributed by atoms with E-state index in [1.807, 2.05) is 11.3 Å². The molecule has 2 rings (SSSR count). The fourth-order valence-electron chi connectivity index (χ4n) is 2.07. The maximum absolute atomic E-state index is 11.3. The second-order valence-electron chi connectivity index (χ2n) is 4.28. The minimum absolute atomic E-state index is 0. The third-order valence-corrected chi connectivity index (χ3v) is 4.00. The van der Waals surface area contributed by atoms with Crippen LogP contribution in [0.25, 0.3) is 0 Å². The normalized spacial score (nSPS) is 14.7. The Morgan fingerprint density at radius 2 is 2.39 bits per heavy atom. The Morgan fingerprint density at radius 1 is 1.56 bits per heavy atom. The molecule has 18 heavy (non-hydrogen) atoms. The third-order valence-electron chi connectivity index (χ3n) is 2.97. The molecular weight excluding hydrogens is 270 g/mol. The topological polar surface area (TPSA) is 44.4 Å². The van der Waals surface area contributed by atoms with Crippen LogP contribution in [-0.2, 0) is 17.8 Å². The SMILES string of the molecule is CNCC(=O)NCCN1CCc2sccc2C1.Cl. The van der Waals surface area contributed by atoms with E-state index in [4.69, 9.17) is 0 Å². The number of hydrogen-bond acceptors (Lipinski definition) is 4. The van der Waals surface area contributed by atoms with Crippen molar-refractivity contribution >= 4 is 29.7 Å². The van der Waals surface area contributed by atoms with E-state index >= 15 is 0 Å². The van der Waals surface area contributed by atoms with Crippen LogP contribution in [0.1, 0.15) is 10.4 Å². The molecule has 2 heterocycles. The summed E-state index contributed by atoms with van der Waals surface area (Å²) in [5, 5.41) is 7.92. The summed E-state index contributed by atoms with van der Waals surface area (Å²) in [6.07, 6.45) is 1.15. The molecular formula is C12H20ClN3OS. The Morgan fingerprint density at radius 3 is 3.17 bits per heavy atom. The average molecular weight is 290 g/mol. The number of halogens is 1. The van der Waals surface area contributed by atoms with Gasteiger partial charge < -0.3 is 10.6 Å². The van der Waals surface area contributed by atoms with Gasteiger partial charge in [0.1, 0.15) is 0 Å². The van der Waals surface area contributed by atoms with E-state index in [1.54, 1.807) is 7.05 Å². The van der Waals surface area contributed by atoms with Gasteiger partial charge in [-0.2, -0.15) is 0 Å². The van der Waals surface area contributed by atoms with E-state index in [2.05, 4.69) is 27.0 Å². The second kappa shape index (κ2) is 7.74. The van der Waals surface area contributed by atoms with Crippen LogP contribution in [0.4, 0.5) is 0 Å². The average Bonchev–Trinajstić information content (AvgIpc) is 2.76. The van der Waals surface area contributed by atoms with Crippen LogP contribution in [0.3, 0.4) is 0 Å². The Labute approximate surface area is 118 Å². The zero-order chi connectivity index (χ0) is 12.1. The fraction of sp³-hybridized carbons (Fsp3) is 0.583. The number of nitrogens with zero attached hydrogens (tertiary/aromatic N) is 1. The molecule has 1 aliphatic heterocycles. The lowest BCUT2D eigenvalue weighted by atomic mass is 10.1. The Bertz CT molecular complexity index is 383. The van der Waals surface area contributed by atoms with Gasteiger partial charge in [0.2, 0.25) is 5.91 Å². The van der Waals surface area contributed by atoms with Crippen molar-refractivity contribution in [3.8, 4) is 0 Å². The van der Waals surface area contributed by atoms with Crippen molar-refractivity contribution in [2.75, 3.05) is 33.2 Å². The molecule has 0 atom stereocenters. The van der Waals surface area contributed by atoms with Gasteiger partial charge in [0.15, 0.2) is 0 Å². The van der Waals surface area contributed by atoms with Crippen molar-refractivity contribution in [2.45, 2.75) is 13.0 Å². The minimum atomic E-state index is 0. The van der Waals surface area contributed by atoms with Gasteiger partial charge in [0.05, 0.1) is 6.54 Å². The van der Waals surface area contributed by atoms with Gasteiger partial charge in [-0.3, -0.25) is 9.69 Å². The highest BCUT2D eigenvalue weighted by Crippen LogP contribution is 2.23. The predicted octanol–water partition coefficient (Wildman–Crippen LogP) is 0.864. The summed E-state index contributed by atoms with van der Waals surface area (Å²) in [7, 11) is 1.78. The van der Waals surface area contributed by atoms with E-state index in [1.165, 1.54) is 10.4 Å². The third kappa shape index (κ3) is 4.24. The van der Waals surface area contributed by atoms with E-state index < -0.39 is 0 Å². The smallest absolute Gasteiger partial charge is 0.233 e. The highest BCUT2D eigenvalue weighted by atomic mass is 35.5. The number of likely N-dealkylation sites (N-methyl/N-ethyl adjacent to an activating group) is 1. The number of amides is 1. The van der Waals surface area contributed by atoms with E-state index in [0.717, 1.165) is 32.6 Å². The lowest BCUT2D eigenvalue weighted by Crippen LogP contribution is -2.39. The molecule has 0 unspecified atom stereocenters. The Kier molecular flexibility index (Phi) is 6.63. The summed E-state index contributed by atoms with van der Waals surface area (Å²) >= 11 is 1.86. The number of carbonyl (C=O) groups excluding carboxylic acids is 1. The van der Waals surface area contributed by atoms with Crippen molar-refractivity contribution in [1.82, 2.24) is 15.5 Å². The number of carbonyl (C=O) groups is 1. The van der Waals surface area contributed by atoms with Gasteiger partial charge in [0.25, 0.3) is 0 Å². The highest BCUT2D eigenvalue weighted by molar-refractivity contribution is 7.10. The van der Waals surface area contributed by atoms with Crippen molar-refractivity contribution < 1.29 is 4.79 Å². The van der Waals surface area contributed by atoms with E-state index in [-0.39, 0.29) is 18.3 Å². The predicted molar refractivity (Wildman–Crippen MR) is 77.5 cm³/mol. The molecule has 0 aliphatic carbocycles. The fourth-order valence-corrected chi connectivity index (χ4v) is 2.96. The van der Waals surface area contributed by atoms with Gasteiger partial charge in [-0.25, -0.2) is 0 Å². The first-order valence-electron chi connectivity index (χ1n) is 5.98. The highest BCUT2D eigenvalue weighted by Gasteiger charge is 2.16. The summed E-state index contributed by atoms with van der Waals surface area (Å²) in [6, 6.07) is 2.21. The first-order chi connectivity index (χ1) is 8.29. The zero-order valence-electron chi connectivity index (χ0n) is 10.6. The van der Waals surface area contributed by atoms with Gasteiger partial charge in [-0.15, -0.1) is 23.7 Å². The number of rotatable bonds is 5. The van der Waals surface area contributed by atoms with Gasteiger partial charge in [0, 0.05) is 31.1 Å². The number of fused-ring (bicyclic) bond motifs is 1. The summed E-state index contributed by atoms with van der Waals surface area (Å²) in [5.74, 6) is 0.0701. The molecule has 1 aromatic rings. The molecule has 0 saturated heterocycles. The van der Waals surface area contributed by atoms with Gasteiger partial charge >= 0.3 is 0 Å². The summed E-state index contributed by atoms with van der Waals surface area (Å²) in [6.45, 7) is 4.20. The molecule has 4 nitrogen and oxygen atoms in total. The van der Waals surface area contributed by atoms with Crippen LogP contribution >= 0.6 is 23.7 Å². The van der Waals surface area contributed by atoms with Gasteiger partial charge in [-0.05, 0) is 30.5 Å². The van der Waals surface area contributed by atoms with Crippen molar-refractivity contribution in [2.24, 2.45) is 0 Å². The monoisotopic (exact) mass is 289 g/mol. The van der Waals surface area contributed by atoms with Crippen LogP contribution in [-0.4, -0.2) is 44.0 Å². The van der Waals surface area contributed by atoms with Crippen LogP contribution in [0, 0.1) is 0 Å². The second-order valence-corrected chi connectivity index (χ2v) is 5.28. The quantitative estimate of drug-likeness (QED) is 0.845. The van der Waals surface area contributed by atoms with E-state index in [0.29, 0.717) is 6.54 Å². The minimum Gasteiger partial charge on any atom is -0.354 e.